The molecule has 0 aromatic heterocycles. The molecule has 3 atom stereocenters. The second kappa shape index (κ2) is 5.04. The summed E-state index contributed by atoms with van der Waals surface area (Å²) in [6.07, 6.45) is 1.30. The third-order valence-corrected chi connectivity index (χ3v) is 3.74. The van der Waals surface area contributed by atoms with E-state index in [-0.39, 0.29) is 0 Å². The highest BCUT2D eigenvalue weighted by molar-refractivity contribution is 5.43. The fourth-order valence-electron chi connectivity index (χ4n) is 2.75. The molecule has 1 aromatic rings. The SMILES string of the molecule is CC(C)CN1CC1COc1ccc2c(c1)CC(C)O2. The summed E-state index contributed by atoms with van der Waals surface area (Å²) in [4.78, 5) is 2.48. The second-order valence-electron chi connectivity index (χ2n) is 6.21. The fourth-order valence-corrected chi connectivity index (χ4v) is 2.75. The molecule has 0 amide bonds. The predicted octanol–water partition coefficient (Wildman–Crippen LogP) is 2.73. The molecule has 1 saturated heterocycles. The normalized spacial score (nSPS) is 28.1. The van der Waals surface area contributed by atoms with E-state index in [9.17, 15) is 0 Å². The van der Waals surface area contributed by atoms with Gasteiger partial charge in [0.2, 0.25) is 0 Å². The first kappa shape index (κ1) is 12.8. The van der Waals surface area contributed by atoms with Gasteiger partial charge in [-0.3, -0.25) is 4.90 Å². The fraction of sp³-hybridized carbons (Fsp3) is 0.625. The van der Waals surface area contributed by atoms with Gasteiger partial charge in [0, 0.05) is 25.1 Å². The summed E-state index contributed by atoms with van der Waals surface area (Å²) in [6.45, 7) is 9.80. The van der Waals surface area contributed by atoms with Crippen molar-refractivity contribution in [1.82, 2.24) is 4.90 Å². The maximum absolute atomic E-state index is 5.91. The minimum Gasteiger partial charge on any atom is -0.492 e. The van der Waals surface area contributed by atoms with Crippen molar-refractivity contribution in [2.75, 3.05) is 19.7 Å². The maximum Gasteiger partial charge on any atom is 0.123 e. The first-order chi connectivity index (χ1) is 9.11. The summed E-state index contributed by atoms with van der Waals surface area (Å²) in [5.41, 5.74) is 1.28. The lowest BCUT2D eigenvalue weighted by Gasteiger charge is -2.09. The molecule has 0 bridgehead atoms. The molecule has 3 nitrogen and oxygen atoms in total. The van der Waals surface area contributed by atoms with Gasteiger partial charge in [0.1, 0.15) is 24.2 Å². The van der Waals surface area contributed by atoms with Crippen LogP contribution < -0.4 is 9.47 Å². The number of rotatable bonds is 5. The first-order valence-electron chi connectivity index (χ1n) is 7.28. The summed E-state index contributed by atoms with van der Waals surface area (Å²) in [6, 6.07) is 6.80. The standard InChI is InChI=1S/C16H23NO2/c1-11(2)8-17-9-14(17)10-18-15-4-5-16-13(7-15)6-12(3)19-16/h4-5,7,11-12,14H,6,8-10H2,1-3H3. The van der Waals surface area contributed by atoms with Crippen molar-refractivity contribution in [2.45, 2.75) is 39.3 Å². The minimum absolute atomic E-state index is 0.301. The molecule has 1 aromatic carbocycles. The topological polar surface area (TPSA) is 21.5 Å². The molecule has 2 aliphatic rings. The van der Waals surface area contributed by atoms with Crippen molar-refractivity contribution in [3.8, 4) is 11.5 Å². The van der Waals surface area contributed by atoms with Crippen LogP contribution in [0, 0.1) is 5.92 Å². The summed E-state index contributed by atoms with van der Waals surface area (Å²) >= 11 is 0. The molecule has 0 N–H and O–H groups in total. The van der Waals surface area contributed by atoms with Crippen molar-refractivity contribution in [3.63, 3.8) is 0 Å². The van der Waals surface area contributed by atoms with Crippen molar-refractivity contribution in [1.29, 1.82) is 0 Å². The highest BCUT2D eigenvalue weighted by atomic mass is 16.5. The zero-order valence-corrected chi connectivity index (χ0v) is 12.1. The molecule has 0 radical (unpaired) electrons. The van der Waals surface area contributed by atoms with E-state index in [0.717, 1.165) is 30.4 Å². The minimum atomic E-state index is 0.301. The molecule has 1 fully saturated rings. The van der Waals surface area contributed by atoms with Gasteiger partial charge in [-0.15, -0.1) is 0 Å². The van der Waals surface area contributed by atoms with Gasteiger partial charge >= 0.3 is 0 Å². The number of benzene rings is 1. The van der Waals surface area contributed by atoms with Crippen LogP contribution in [0.1, 0.15) is 26.3 Å². The van der Waals surface area contributed by atoms with Gasteiger partial charge in [0.05, 0.1) is 6.04 Å². The van der Waals surface area contributed by atoms with Gasteiger partial charge in [-0.25, -0.2) is 0 Å². The average molecular weight is 261 g/mol. The third-order valence-electron chi connectivity index (χ3n) is 3.74. The lowest BCUT2D eigenvalue weighted by atomic mass is 10.1. The van der Waals surface area contributed by atoms with Crippen LogP contribution in [0.4, 0.5) is 0 Å². The van der Waals surface area contributed by atoms with Crippen molar-refractivity contribution in [3.05, 3.63) is 23.8 Å². The Morgan fingerprint density at radius 3 is 3.05 bits per heavy atom. The van der Waals surface area contributed by atoms with Crippen LogP contribution in [0.5, 0.6) is 11.5 Å². The number of fused-ring (bicyclic) bond motifs is 1. The molecule has 3 unspecified atom stereocenters. The highest BCUT2D eigenvalue weighted by Crippen LogP contribution is 2.32. The number of hydrogen-bond donors (Lipinski definition) is 0. The predicted molar refractivity (Wildman–Crippen MR) is 75.9 cm³/mol. The molecule has 2 aliphatic heterocycles. The summed E-state index contributed by atoms with van der Waals surface area (Å²) in [5.74, 6) is 2.74. The van der Waals surface area contributed by atoms with Crippen LogP contribution >= 0.6 is 0 Å². The maximum atomic E-state index is 5.91. The molecule has 2 heterocycles. The zero-order valence-electron chi connectivity index (χ0n) is 12.1. The van der Waals surface area contributed by atoms with E-state index in [1.54, 1.807) is 0 Å². The Hall–Kier alpha value is -1.22. The van der Waals surface area contributed by atoms with Crippen LogP contribution in [0.3, 0.4) is 0 Å². The third kappa shape index (κ3) is 3.03. The van der Waals surface area contributed by atoms with Crippen LogP contribution in [-0.4, -0.2) is 36.7 Å². The van der Waals surface area contributed by atoms with E-state index in [1.807, 2.05) is 12.1 Å². The summed E-state index contributed by atoms with van der Waals surface area (Å²) in [5, 5.41) is 0. The van der Waals surface area contributed by atoms with Crippen LogP contribution in [0.15, 0.2) is 18.2 Å². The first-order valence-corrected chi connectivity index (χ1v) is 7.28. The van der Waals surface area contributed by atoms with Gasteiger partial charge in [-0.05, 0) is 31.0 Å². The van der Waals surface area contributed by atoms with Crippen LogP contribution in [0.25, 0.3) is 0 Å². The monoisotopic (exact) mass is 261 g/mol. The number of hydrogen-bond acceptors (Lipinski definition) is 3. The quantitative estimate of drug-likeness (QED) is 0.761. The van der Waals surface area contributed by atoms with E-state index in [4.69, 9.17) is 9.47 Å². The van der Waals surface area contributed by atoms with E-state index in [2.05, 4.69) is 31.7 Å². The van der Waals surface area contributed by atoms with Gasteiger partial charge < -0.3 is 9.47 Å². The Kier molecular flexibility index (Phi) is 3.40. The number of ether oxygens (including phenoxy) is 2. The van der Waals surface area contributed by atoms with Gasteiger partial charge in [-0.2, -0.15) is 0 Å². The Labute approximate surface area is 115 Å². The molecule has 19 heavy (non-hydrogen) atoms. The Morgan fingerprint density at radius 1 is 1.42 bits per heavy atom. The van der Waals surface area contributed by atoms with Crippen LogP contribution in [-0.2, 0) is 6.42 Å². The van der Waals surface area contributed by atoms with Crippen molar-refractivity contribution < 1.29 is 9.47 Å². The molecule has 0 saturated carbocycles. The smallest absolute Gasteiger partial charge is 0.123 e. The zero-order chi connectivity index (χ0) is 13.4. The van der Waals surface area contributed by atoms with Crippen LogP contribution in [0.2, 0.25) is 0 Å². The van der Waals surface area contributed by atoms with Gasteiger partial charge in [0.25, 0.3) is 0 Å². The number of nitrogens with zero attached hydrogens (tertiary/aromatic N) is 1. The van der Waals surface area contributed by atoms with E-state index in [0.29, 0.717) is 12.1 Å². The van der Waals surface area contributed by atoms with Gasteiger partial charge in [-0.1, -0.05) is 13.8 Å². The van der Waals surface area contributed by atoms with Crippen molar-refractivity contribution in [2.24, 2.45) is 5.92 Å². The molecular weight excluding hydrogens is 238 g/mol. The van der Waals surface area contributed by atoms with E-state index < -0.39 is 0 Å². The molecule has 104 valence electrons. The van der Waals surface area contributed by atoms with Gasteiger partial charge in [0.15, 0.2) is 0 Å². The molecular formula is C16H23NO2. The van der Waals surface area contributed by atoms with Crippen molar-refractivity contribution >= 4 is 0 Å². The second-order valence-corrected chi connectivity index (χ2v) is 6.21. The lowest BCUT2D eigenvalue weighted by molar-refractivity contribution is 0.254. The average Bonchev–Trinajstić information content (AvgIpc) is 2.95. The Morgan fingerprint density at radius 2 is 2.26 bits per heavy atom. The molecule has 3 heteroatoms. The summed E-state index contributed by atoms with van der Waals surface area (Å²) < 4.78 is 11.6. The molecule has 3 rings (SSSR count). The Bertz CT molecular complexity index is 458. The molecule has 0 aliphatic carbocycles. The Balaban J connectivity index is 1.51. The largest absolute Gasteiger partial charge is 0.492 e. The van der Waals surface area contributed by atoms with E-state index >= 15 is 0 Å². The highest BCUT2D eigenvalue weighted by Gasteiger charge is 2.34. The lowest BCUT2D eigenvalue weighted by Crippen LogP contribution is -2.14. The molecule has 0 spiro atoms. The summed E-state index contributed by atoms with van der Waals surface area (Å²) in [7, 11) is 0. The van der Waals surface area contributed by atoms with E-state index in [1.165, 1.54) is 18.7 Å².